The number of carbonyl (C=O) groups is 1. The summed E-state index contributed by atoms with van der Waals surface area (Å²) in [6, 6.07) is 17.7. The van der Waals surface area contributed by atoms with Gasteiger partial charge in [0.25, 0.3) is 0 Å². The molecule has 2 aromatic rings. The molecule has 0 bridgehead atoms. The number of benzene rings is 2. The Hall–Kier alpha value is -1.30. The molecule has 1 heterocycles. The van der Waals surface area contributed by atoms with Crippen molar-refractivity contribution in [1.82, 2.24) is 9.80 Å². The van der Waals surface area contributed by atoms with Gasteiger partial charge < -0.3 is 5.73 Å². The molecular weight excluding hydrogens is 393 g/mol. The highest BCUT2D eigenvalue weighted by Crippen LogP contribution is 2.11. The number of nitrogens with zero attached hydrogens (tertiary/aromatic N) is 2. The second-order valence-corrected chi connectivity index (χ2v) is 6.08. The van der Waals surface area contributed by atoms with Crippen molar-refractivity contribution in [2.75, 3.05) is 38.5 Å². The molecule has 3 rings (SSSR count). The van der Waals surface area contributed by atoms with Crippen molar-refractivity contribution < 1.29 is 4.79 Å². The molecule has 144 valence electrons. The molecule has 4 nitrogen and oxygen atoms in total. The molecular formula is C19H26Cl3N3O. The van der Waals surface area contributed by atoms with Crippen LogP contribution in [0, 0.1) is 0 Å². The SMILES string of the molecule is Cl.Cl.Cl.Nc1ccc(C(=O)CN2CCN(Cc3ccccc3)CC2)cc1. The van der Waals surface area contributed by atoms with E-state index in [0.29, 0.717) is 12.2 Å². The number of ketones is 1. The van der Waals surface area contributed by atoms with Crippen LogP contribution in [0.15, 0.2) is 54.6 Å². The maximum atomic E-state index is 12.3. The van der Waals surface area contributed by atoms with Gasteiger partial charge in [0, 0.05) is 44.0 Å². The highest BCUT2D eigenvalue weighted by molar-refractivity contribution is 5.97. The average molecular weight is 419 g/mol. The van der Waals surface area contributed by atoms with E-state index in [-0.39, 0.29) is 43.0 Å². The second kappa shape index (κ2) is 12.2. The maximum absolute atomic E-state index is 12.3. The van der Waals surface area contributed by atoms with Crippen LogP contribution >= 0.6 is 37.2 Å². The Labute approximate surface area is 174 Å². The molecule has 7 heteroatoms. The predicted octanol–water partition coefficient (Wildman–Crippen LogP) is 3.53. The van der Waals surface area contributed by atoms with Crippen LogP contribution in [-0.4, -0.2) is 48.3 Å². The normalized spacial score (nSPS) is 14.5. The fraction of sp³-hybridized carbons (Fsp3) is 0.316. The first-order valence-electron chi connectivity index (χ1n) is 8.08. The van der Waals surface area contributed by atoms with Crippen molar-refractivity contribution in [3.05, 3.63) is 65.7 Å². The van der Waals surface area contributed by atoms with Gasteiger partial charge in [0.2, 0.25) is 0 Å². The third kappa shape index (κ3) is 7.14. The summed E-state index contributed by atoms with van der Waals surface area (Å²) in [5.41, 5.74) is 8.44. The highest BCUT2D eigenvalue weighted by atomic mass is 35.5. The van der Waals surface area contributed by atoms with Crippen LogP contribution in [0.3, 0.4) is 0 Å². The maximum Gasteiger partial charge on any atom is 0.176 e. The highest BCUT2D eigenvalue weighted by Gasteiger charge is 2.19. The van der Waals surface area contributed by atoms with Gasteiger partial charge in [-0.1, -0.05) is 30.3 Å². The number of carbonyl (C=O) groups excluding carboxylic acids is 1. The molecule has 0 atom stereocenters. The average Bonchev–Trinajstić information content (AvgIpc) is 2.58. The Kier molecular flexibility index (Phi) is 11.5. The van der Waals surface area contributed by atoms with E-state index in [9.17, 15) is 4.79 Å². The standard InChI is InChI=1S/C19H23N3O.3ClH/c20-18-8-6-17(7-9-18)19(23)15-22-12-10-21(11-13-22)14-16-4-2-1-3-5-16;;;/h1-9H,10-15,20H2;3*1H. The first-order valence-corrected chi connectivity index (χ1v) is 8.08. The van der Waals surface area contributed by atoms with Crippen LogP contribution in [0.4, 0.5) is 5.69 Å². The number of piperazine rings is 1. The molecule has 0 saturated carbocycles. The topological polar surface area (TPSA) is 49.6 Å². The molecule has 1 aliphatic heterocycles. The Morgan fingerprint density at radius 1 is 0.808 bits per heavy atom. The lowest BCUT2D eigenvalue weighted by Gasteiger charge is -2.34. The number of hydrogen-bond donors (Lipinski definition) is 1. The number of Topliss-reactive ketones (excluding diaryl/α,β-unsaturated/α-hetero) is 1. The van der Waals surface area contributed by atoms with Crippen LogP contribution in [0.5, 0.6) is 0 Å². The van der Waals surface area contributed by atoms with E-state index < -0.39 is 0 Å². The first-order chi connectivity index (χ1) is 11.2. The minimum atomic E-state index is 0. The fourth-order valence-corrected chi connectivity index (χ4v) is 2.91. The lowest BCUT2D eigenvalue weighted by Crippen LogP contribution is -2.47. The summed E-state index contributed by atoms with van der Waals surface area (Å²) in [6.07, 6.45) is 0. The lowest BCUT2D eigenvalue weighted by molar-refractivity contribution is 0.0844. The summed E-state index contributed by atoms with van der Waals surface area (Å²) < 4.78 is 0. The molecule has 0 amide bonds. The molecule has 0 aromatic heterocycles. The molecule has 0 aliphatic carbocycles. The van der Waals surface area contributed by atoms with Crippen LogP contribution in [0.2, 0.25) is 0 Å². The van der Waals surface area contributed by atoms with E-state index in [1.54, 1.807) is 12.1 Å². The first kappa shape index (κ1) is 24.7. The van der Waals surface area contributed by atoms with E-state index in [2.05, 4.69) is 34.1 Å². The number of anilines is 1. The number of nitrogens with two attached hydrogens (primary N) is 1. The van der Waals surface area contributed by atoms with Crippen molar-refractivity contribution in [2.45, 2.75) is 6.54 Å². The summed E-state index contributed by atoms with van der Waals surface area (Å²) >= 11 is 0. The minimum absolute atomic E-state index is 0. The molecule has 1 aliphatic rings. The molecule has 0 radical (unpaired) electrons. The van der Waals surface area contributed by atoms with Gasteiger partial charge in [-0.25, -0.2) is 0 Å². The molecule has 26 heavy (non-hydrogen) atoms. The number of nitrogen functional groups attached to an aromatic ring is 1. The minimum Gasteiger partial charge on any atom is -0.399 e. The molecule has 0 spiro atoms. The van der Waals surface area contributed by atoms with E-state index in [1.807, 2.05) is 18.2 Å². The molecule has 0 unspecified atom stereocenters. The Morgan fingerprint density at radius 2 is 1.35 bits per heavy atom. The van der Waals surface area contributed by atoms with Gasteiger partial charge in [0.05, 0.1) is 6.54 Å². The number of rotatable bonds is 5. The smallest absolute Gasteiger partial charge is 0.176 e. The Bertz CT molecular complexity index is 645. The van der Waals surface area contributed by atoms with Gasteiger partial charge in [-0.2, -0.15) is 0 Å². The van der Waals surface area contributed by atoms with E-state index in [4.69, 9.17) is 5.73 Å². The van der Waals surface area contributed by atoms with Crippen LogP contribution in [0.25, 0.3) is 0 Å². The van der Waals surface area contributed by atoms with Crippen LogP contribution < -0.4 is 5.73 Å². The van der Waals surface area contributed by atoms with Crippen LogP contribution in [-0.2, 0) is 6.54 Å². The van der Waals surface area contributed by atoms with Crippen molar-refractivity contribution in [1.29, 1.82) is 0 Å². The van der Waals surface area contributed by atoms with Crippen molar-refractivity contribution in [3.8, 4) is 0 Å². The summed E-state index contributed by atoms with van der Waals surface area (Å²) in [4.78, 5) is 17.0. The van der Waals surface area contributed by atoms with Crippen molar-refractivity contribution >= 4 is 48.7 Å². The van der Waals surface area contributed by atoms with Gasteiger partial charge in [-0.15, -0.1) is 37.2 Å². The molecule has 2 aromatic carbocycles. The van der Waals surface area contributed by atoms with Crippen molar-refractivity contribution in [2.24, 2.45) is 0 Å². The lowest BCUT2D eigenvalue weighted by atomic mass is 10.1. The summed E-state index contributed by atoms with van der Waals surface area (Å²) in [7, 11) is 0. The van der Waals surface area contributed by atoms with Gasteiger partial charge in [-0.05, 0) is 29.8 Å². The van der Waals surface area contributed by atoms with E-state index in [0.717, 1.165) is 38.3 Å². The zero-order valence-corrected chi connectivity index (χ0v) is 17.0. The van der Waals surface area contributed by atoms with Gasteiger partial charge in [0.15, 0.2) is 5.78 Å². The predicted molar refractivity (Wildman–Crippen MR) is 115 cm³/mol. The zero-order valence-electron chi connectivity index (χ0n) is 14.5. The van der Waals surface area contributed by atoms with Crippen LogP contribution in [0.1, 0.15) is 15.9 Å². The molecule has 1 fully saturated rings. The zero-order chi connectivity index (χ0) is 16.1. The Morgan fingerprint density at radius 3 is 1.92 bits per heavy atom. The fourth-order valence-electron chi connectivity index (χ4n) is 2.91. The number of hydrogen-bond acceptors (Lipinski definition) is 4. The summed E-state index contributed by atoms with van der Waals surface area (Å²) in [5.74, 6) is 0.168. The largest absolute Gasteiger partial charge is 0.399 e. The van der Waals surface area contributed by atoms with E-state index in [1.165, 1.54) is 5.56 Å². The second-order valence-electron chi connectivity index (χ2n) is 6.08. The quantitative estimate of drug-likeness (QED) is 0.596. The Balaban J connectivity index is 0.00000208. The summed E-state index contributed by atoms with van der Waals surface area (Å²) in [6.45, 7) is 5.36. The summed E-state index contributed by atoms with van der Waals surface area (Å²) in [5, 5.41) is 0. The van der Waals surface area contributed by atoms with E-state index >= 15 is 0 Å². The van der Waals surface area contributed by atoms with Gasteiger partial charge in [0.1, 0.15) is 0 Å². The molecule has 1 saturated heterocycles. The third-order valence-electron chi connectivity index (χ3n) is 4.31. The molecule has 2 N–H and O–H groups in total. The number of halogens is 3. The van der Waals surface area contributed by atoms with Gasteiger partial charge >= 0.3 is 0 Å². The third-order valence-corrected chi connectivity index (χ3v) is 4.31. The van der Waals surface area contributed by atoms with Crippen molar-refractivity contribution in [3.63, 3.8) is 0 Å². The van der Waals surface area contributed by atoms with Gasteiger partial charge in [-0.3, -0.25) is 14.6 Å². The monoisotopic (exact) mass is 417 g/mol.